The van der Waals surface area contributed by atoms with Gasteiger partial charge in [0.1, 0.15) is 0 Å². The maximum absolute atomic E-state index is 12.6. The fourth-order valence-corrected chi connectivity index (χ4v) is 4.30. The number of aryl methyl sites for hydroxylation is 2. The predicted molar refractivity (Wildman–Crippen MR) is 75.0 cm³/mol. The van der Waals surface area contributed by atoms with E-state index >= 15 is 0 Å². The molecule has 110 valence electrons. The minimum absolute atomic E-state index is 0.0258. The minimum Gasteiger partial charge on any atom is -0.481 e. The molecule has 6 heteroatoms. The highest BCUT2D eigenvalue weighted by Gasteiger charge is 2.45. The number of carboxylic acids is 1. The molecular formula is C14H19NO4S. The van der Waals surface area contributed by atoms with Crippen molar-refractivity contribution in [1.82, 2.24) is 4.31 Å². The van der Waals surface area contributed by atoms with Gasteiger partial charge in [0.2, 0.25) is 10.0 Å². The van der Waals surface area contributed by atoms with Crippen LogP contribution in [-0.2, 0) is 14.8 Å². The maximum Gasteiger partial charge on any atom is 0.310 e. The second kappa shape index (κ2) is 4.86. The van der Waals surface area contributed by atoms with E-state index in [9.17, 15) is 18.3 Å². The number of nitrogens with zero attached hydrogens (tertiary/aromatic N) is 1. The molecule has 1 aromatic carbocycles. The first kappa shape index (κ1) is 15.0. The average Bonchev–Trinajstić information content (AvgIpc) is 2.73. The summed E-state index contributed by atoms with van der Waals surface area (Å²) in [5, 5.41) is 9.20. The Balaban J connectivity index is 2.35. The van der Waals surface area contributed by atoms with Crippen LogP contribution in [0.1, 0.15) is 24.5 Å². The molecule has 0 spiro atoms. The standard InChI is InChI=1S/C14H19NO4S/c1-10-4-5-12(11(2)8-10)20(18,19)15-7-6-14(3,9-15)13(16)17/h4-5,8H,6-7,9H2,1-3H3,(H,16,17). The van der Waals surface area contributed by atoms with Gasteiger partial charge in [0.05, 0.1) is 10.3 Å². The van der Waals surface area contributed by atoms with E-state index in [1.54, 1.807) is 26.0 Å². The van der Waals surface area contributed by atoms with Gasteiger partial charge in [-0.2, -0.15) is 4.31 Å². The van der Waals surface area contributed by atoms with Gasteiger partial charge in [-0.3, -0.25) is 4.79 Å². The van der Waals surface area contributed by atoms with Crippen LogP contribution < -0.4 is 0 Å². The number of hydrogen-bond donors (Lipinski definition) is 1. The van der Waals surface area contributed by atoms with Crippen molar-refractivity contribution >= 4 is 16.0 Å². The summed E-state index contributed by atoms with van der Waals surface area (Å²) >= 11 is 0. The molecule has 0 radical (unpaired) electrons. The molecular weight excluding hydrogens is 278 g/mol. The van der Waals surface area contributed by atoms with E-state index in [1.165, 1.54) is 4.31 Å². The van der Waals surface area contributed by atoms with Crippen LogP contribution in [-0.4, -0.2) is 36.9 Å². The van der Waals surface area contributed by atoms with E-state index in [4.69, 9.17) is 0 Å². The van der Waals surface area contributed by atoms with Crippen LogP contribution in [0.3, 0.4) is 0 Å². The van der Waals surface area contributed by atoms with Gasteiger partial charge in [0.25, 0.3) is 0 Å². The number of hydrogen-bond acceptors (Lipinski definition) is 3. The number of carbonyl (C=O) groups is 1. The highest BCUT2D eigenvalue weighted by atomic mass is 32.2. The summed E-state index contributed by atoms with van der Waals surface area (Å²) in [4.78, 5) is 11.5. The first-order valence-corrected chi connectivity index (χ1v) is 7.92. The van der Waals surface area contributed by atoms with Gasteiger partial charge in [-0.15, -0.1) is 0 Å². The zero-order valence-corrected chi connectivity index (χ0v) is 12.7. The normalized spacial score (nSPS) is 23.9. The lowest BCUT2D eigenvalue weighted by molar-refractivity contribution is -0.146. The molecule has 0 aromatic heterocycles. The van der Waals surface area contributed by atoms with Crippen molar-refractivity contribution in [3.63, 3.8) is 0 Å². The Kier molecular flexibility index (Phi) is 3.64. The summed E-state index contributed by atoms with van der Waals surface area (Å²) in [5.74, 6) is -0.948. The largest absolute Gasteiger partial charge is 0.481 e. The lowest BCUT2D eigenvalue weighted by atomic mass is 9.90. The minimum atomic E-state index is -3.62. The molecule has 1 N–H and O–H groups in total. The molecule has 1 heterocycles. The van der Waals surface area contributed by atoms with Crippen LogP contribution in [0.4, 0.5) is 0 Å². The molecule has 0 bridgehead atoms. The number of carboxylic acid groups (broad SMARTS) is 1. The van der Waals surface area contributed by atoms with Crippen LogP contribution in [0.25, 0.3) is 0 Å². The van der Waals surface area contributed by atoms with Crippen molar-refractivity contribution in [2.24, 2.45) is 5.41 Å². The summed E-state index contributed by atoms with van der Waals surface area (Å²) in [6.45, 7) is 5.52. The van der Waals surface area contributed by atoms with Crippen molar-refractivity contribution in [2.75, 3.05) is 13.1 Å². The fraction of sp³-hybridized carbons (Fsp3) is 0.500. The smallest absolute Gasteiger partial charge is 0.310 e. The topological polar surface area (TPSA) is 74.7 Å². The third-order valence-corrected chi connectivity index (χ3v) is 5.91. The van der Waals surface area contributed by atoms with Crippen LogP contribution in [0.2, 0.25) is 0 Å². The van der Waals surface area contributed by atoms with Crippen LogP contribution >= 0.6 is 0 Å². The quantitative estimate of drug-likeness (QED) is 0.923. The first-order chi connectivity index (χ1) is 9.17. The number of aliphatic carboxylic acids is 1. The Morgan fingerprint density at radius 3 is 2.50 bits per heavy atom. The lowest BCUT2D eigenvalue weighted by Crippen LogP contribution is -2.35. The summed E-state index contributed by atoms with van der Waals surface area (Å²) in [5.41, 5.74) is 0.693. The van der Waals surface area contributed by atoms with Crippen molar-refractivity contribution in [2.45, 2.75) is 32.1 Å². The van der Waals surface area contributed by atoms with Gasteiger partial charge in [-0.25, -0.2) is 8.42 Å². The van der Waals surface area contributed by atoms with Gasteiger partial charge < -0.3 is 5.11 Å². The Hall–Kier alpha value is -1.40. The Morgan fingerprint density at radius 2 is 2.00 bits per heavy atom. The third kappa shape index (κ3) is 2.45. The van der Waals surface area contributed by atoms with Crippen molar-refractivity contribution < 1.29 is 18.3 Å². The van der Waals surface area contributed by atoms with E-state index in [-0.39, 0.29) is 18.0 Å². The predicted octanol–water partition coefficient (Wildman–Crippen LogP) is 1.79. The molecule has 1 aliphatic heterocycles. The van der Waals surface area contributed by atoms with Gasteiger partial charge in [0, 0.05) is 13.1 Å². The van der Waals surface area contributed by atoms with Gasteiger partial charge in [0.15, 0.2) is 0 Å². The second-order valence-corrected chi connectivity index (χ2v) is 7.63. The summed E-state index contributed by atoms with van der Waals surface area (Å²) in [6.07, 6.45) is 0.340. The molecule has 1 aromatic rings. The van der Waals surface area contributed by atoms with Gasteiger partial charge in [-0.05, 0) is 38.8 Å². The molecule has 0 amide bonds. The van der Waals surface area contributed by atoms with E-state index in [0.717, 1.165) is 5.56 Å². The molecule has 20 heavy (non-hydrogen) atoms. The fourth-order valence-electron chi connectivity index (χ4n) is 2.53. The zero-order chi connectivity index (χ0) is 15.1. The molecule has 2 rings (SSSR count). The SMILES string of the molecule is Cc1ccc(S(=O)(=O)N2CCC(C)(C(=O)O)C2)c(C)c1. The lowest BCUT2D eigenvalue weighted by Gasteiger charge is -2.21. The maximum atomic E-state index is 12.6. The third-order valence-electron chi connectivity index (χ3n) is 3.90. The van der Waals surface area contributed by atoms with Crippen molar-refractivity contribution in [3.05, 3.63) is 29.3 Å². The molecule has 1 atom stereocenters. The summed E-state index contributed by atoms with van der Waals surface area (Å²) in [6, 6.07) is 5.17. The summed E-state index contributed by atoms with van der Waals surface area (Å²) < 4.78 is 26.5. The average molecular weight is 297 g/mol. The molecule has 1 unspecified atom stereocenters. The first-order valence-electron chi connectivity index (χ1n) is 6.48. The van der Waals surface area contributed by atoms with Crippen LogP contribution in [0, 0.1) is 19.3 Å². The number of benzene rings is 1. The Morgan fingerprint density at radius 1 is 1.35 bits per heavy atom. The molecule has 1 saturated heterocycles. The summed E-state index contributed by atoms with van der Waals surface area (Å²) in [7, 11) is -3.62. The molecule has 0 aliphatic carbocycles. The van der Waals surface area contributed by atoms with E-state index in [1.807, 2.05) is 13.0 Å². The Bertz CT molecular complexity index is 653. The molecule has 5 nitrogen and oxygen atoms in total. The number of sulfonamides is 1. The number of rotatable bonds is 3. The van der Waals surface area contributed by atoms with Crippen molar-refractivity contribution in [3.8, 4) is 0 Å². The zero-order valence-electron chi connectivity index (χ0n) is 11.9. The van der Waals surface area contributed by atoms with Crippen LogP contribution in [0.5, 0.6) is 0 Å². The van der Waals surface area contributed by atoms with Crippen molar-refractivity contribution in [1.29, 1.82) is 0 Å². The van der Waals surface area contributed by atoms with E-state index in [2.05, 4.69) is 0 Å². The highest BCUT2D eigenvalue weighted by molar-refractivity contribution is 7.89. The van der Waals surface area contributed by atoms with Crippen LogP contribution in [0.15, 0.2) is 23.1 Å². The second-order valence-electron chi connectivity index (χ2n) is 5.72. The van der Waals surface area contributed by atoms with Gasteiger partial charge >= 0.3 is 5.97 Å². The van der Waals surface area contributed by atoms with E-state index < -0.39 is 21.4 Å². The van der Waals surface area contributed by atoms with E-state index in [0.29, 0.717) is 12.0 Å². The van der Waals surface area contributed by atoms with Gasteiger partial charge in [-0.1, -0.05) is 17.7 Å². The molecule has 0 saturated carbocycles. The Labute approximate surface area is 119 Å². The highest BCUT2D eigenvalue weighted by Crippen LogP contribution is 2.34. The molecule has 1 fully saturated rings. The molecule has 1 aliphatic rings. The monoisotopic (exact) mass is 297 g/mol.